The number of nitrogens with one attached hydrogen (secondary N) is 1. The van der Waals surface area contributed by atoms with Crippen molar-refractivity contribution < 1.29 is 13.9 Å². The SMILES string of the molecule is CCOc1cc(CNCCCSc2nnnn2C)cc(Cl)c1OCc1ccc(F)cc1Cl. The molecule has 1 heterocycles. The Labute approximate surface area is 200 Å². The number of tetrazole rings is 1. The van der Waals surface area contributed by atoms with Crippen LogP contribution in [0.25, 0.3) is 0 Å². The Morgan fingerprint density at radius 2 is 2.00 bits per heavy atom. The fourth-order valence-corrected chi connectivity index (χ4v) is 4.15. The van der Waals surface area contributed by atoms with Gasteiger partial charge in [-0.2, -0.15) is 0 Å². The van der Waals surface area contributed by atoms with Crippen LogP contribution < -0.4 is 14.8 Å². The molecule has 3 rings (SSSR count). The van der Waals surface area contributed by atoms with Crippen molar-refractivity contribution in [2.45, 2.75) is 31.7 Å². The predicted octanol–water partition coefficient (Wildman–Crippen LogP) is 4.91. The average molecular weight is 500 g/mol. The normalized spacial score (nSPS) is 11.0. The van der Waals surface area contributed by atoms with E-state index < -0.39 is 5.82 Å². The molecule has 0 bridgehead atoms. The molecule has 1 aromatic heterocycles. The summed E-state index contributed by atoms with van der Waals surface area (Å²) < 4.78 is 26.5. The molecule has 32 heavy (non-hydrogen) atoms. The quantitative estimate of drug-likeness (QED) is 0.280. The van der Waals surface area contributed by atoms with Crippen molar-refractivity contribution in [3.8, 4) is 11.5 Å². The van der Waals surface area contributed by atoms with Gasteiger partial charge in [0.15, 0.2) is 11.5 Å². The van der Waals surface area contributed by atoms with Gasteiger partial charge in [-0.15, -0.1) is 5.10 Å². The monoisotopic (exact) mass is 499 g/mol. The zero-order valence-electron chi connectivity index (χ0n) is 17.8. The van der Waals surface area contributed by atoms with Crippen LogP contribution >= 0.6 is 35.0 Å². The molecule has 0 spiro atoms. The van der Waals surface area contributed by atoms with E-state index in [4.69, 9.17) is 32.7 Å². The lowest BCUT2D eigenvalue weighted by molar-refractivity contribution is 0.269. The fourth-order valence-electron chi connectivity index (χ4n) is 2.85. The van der Waals surface area contributed by atoms with E-state index in [0.29, 0.717) is 40.3 Å². The minimum absolute atomic E-state index is 0.148. The number of aromatic nitrogens is 4. The van der Waals surface area contributed by atoms with E-state index in [1.165, 1.54) is 12.1 Å². The molecule has 0 fully saturated rings. The summed E-state index contributed by atoms with van der Waals surface area (Å²) in [7, 11) is 1.82. The third-order valence-corrected chi connectivity index (χ3v) is 6.13. The van der Waals surface area contributed by atoms with E-state index in [9.17, 15) is 4.39 Å². The largest absolute Gasteiger partial charge is 0.490 e. The number of aryl methyl sites for hydroxylation is 1. The molecule has 0 aliphatic rings. The van der Waals surface area contributed by atoms with E-state index in [1.807, 2.05) is 26.1 Å². The van der Waals surface area contributed by atoms with Gasteiger partial charge < -0.3 is 14.8 Å². The Hall–Kier alpha value is -2.07. The second-order valence-corrected chi connectivity index (χ2v) is 8.70. The first-order valence-electron chi connectivity index (χ1n) is 10.1. The minimum atomic E-state index is -0.395. The number of nitrogens with zero attached hydrogens (tertiary/aromatic N) is 4. The molecular weight excluding hydrogens is 476 g/mol. The Morgan fingerprint density at radius 3 is 2.72 bits per heavy atom. The maximum Gasteiger partial charge on any atom is 0.209 e. The molecule has 2 aromatic carbocycles. The summed E-state index contributed by atoms with van der Waals surface area (Å²) in [5.74, 6) is 1.50. The minimum Gasteiger partial charge on any atom is -0.490 e. The zero-order valence-corrected chi connectivity index (χ0v) is 20.1. The van der Waals surface area contributed by atoms with E-state index in [1.54, 1.807) is 22.5 Å². The maximum atomic E-state index is 13.3. The summed E-state index contributed by atoms with van der Waals surface area (Å²) >= 11 is 14.2. The number of hydrogen-bond acceptors (Lipinski definition) is 7. The van der Waals surface area contributed by atoms with Gasteiger partial charge in [-0.1, -0.05) is 41.0 Å². The van der Waals surface area contributed by atoms with Crippen LogP contribution in [0.2, 0.25) is 10.0 Å². The van der Waals surface area contributed by atoms with Crippen molar-refractivity contribution in [3.63, 3.8) is 0 Å². The molecule has 7 nitrogen and oxygen atoms in total. The van der Waals surface area contributed by atoms with Gasteiger partial charge in [-0.3, -0.25) is 0 Å². The summed E-state index contributed by atoms with van der Waals surface area (Å²) in [6.45, 7) is 3.98. The Bertz CT molecular complexity index is 1040. The number of rotatable bonds is 12. The highest BCUT2D eigenvalue weighted by molar-refractivity contribution is 7.99. The van der Waals surface area contributed by atoms with Crippen LogP contribution in [-0.2, 0) is 20.2 Å². The number of thioether (sulfide) groups is 1. The average Bonchev–Trinajstić information content (AvgIpc) is 3.16. The van der Waals surface area contributed by atoms with E-state index >= 15 is 0 Å². The first kappa shape index (κ1) is 24.6. The van der Waals surface area contributed by atoms with Crippen LogP contribution in [0.15, 0.2) is 35.5 Å². The lowest BCUT2D eigenvalue weighted by atomic mass is 10.2. The van der Waals surface area contributed by atoms with Crippen molar-refractivity contribution in [2.75, 3.05) is 18.9 Å². The van der Waals surface area contributed by atoms with Gasteiger partial charge in [-0.25, -0.2) is 9.07 Å². The second-order valence-electron chi connectivity index (χ2n) is 6.83. The fraction of sp³-hybridized carbons (Fsp3) is 0.381. The predicted molar refractivity (Wildman–Crippen MR) is 124 cm³/mol. The first-order valence-corrected chi connectivity index (χ1v) is 11.8. The topological polar surface area (TPSA) is 74.1 Å². The highest BCUT2D eigenvalue weighted by Gasteiger charge is 2.14. The lowest BCUT2D eigenvalue weighted by Gasteiger charge is -2.16. The van der Waals surface area contributed by atoms with Crippen LogP contribution in [0.3, 0.4) is 0 Å². The molecule has 3 aromatic rings. The summed E-state index contributed by atoms with van der Waals surface area (Å²) in [5.41, 5.74) is 1.64. The molecule has 0 unspecified atom stereocenters. The molecule has 0 radical (unpaired) electrons. The van der Waals surface area contributed by atoms with Gasteiger partial charge >= 0.3 is 0 Å². The van der Waals surface area contributed by atoms with E-state index in [-0.39, 0.29) is 6.61 Å². The van der Waals surface area contributed by atoms with Crippen molar-refractivity contribution in [3.05, 3.63) is 57.3 Å². The Morgan fingerprint density at radius 1 is 1.16 bits per heavy atom. The smallest absolute Gasteiger partial charge is 0.209 e. The van der Waals surface area contributed by atoms with Gasteiger partial charge in [0.05, 0.1) is 16.7 Å². The molecule has 0 saturated carbocycles. The molecule has 0 amide bonds. The van der Waals surface area contributed by atoms with Gasteiger partial charge in [-0.05, 0) is 60.1 Å². The molecule has 0 aliphatic carbocycles. The van der Waals surface area contributed by atoms with Crippen LogP contribution in [0, 0.1) is 5.82 Å². The van der Waals surface area contributed by atoms with Crippen LogP contribution in [-0.4, -0.2) is 39.1 Å². The van der Waals surface area contributed by atoms with Gasteiger partial charge in [0.2, 0.25) is 5.16 Å². The molecule has 0 saturated heterocycles. The Balaban J connectivity index is 1.54. The lowest BCUT2D eigenvalue weighted by Crippen LogP contribution is -2.15. The van der Waals surface area contributed by atoms with E-state index in [0.717, 1.165) is 29.4 Å². The molecular formula is C21H24Cl2FN5O2S. The summed E-state index contributed by atoms with van der Waals surface area (Å²) in [4.78, 5) is 0. The first-order chi connectivity index (χ1) is 15.5. The second kappa shape index (κ2) is 12.2. The van der Waals surface area contributed by atoms with Gasteiger partial charge in [0.25, 0.3) is 0 Å². The van der Waals surface area contributed by atoms with Crippen LogP contribution in [0.5, 0.6) is 11.5 Å². The van der Waals surface area contributed by atoms with Crippen molar-refractivity contribution in [2.24, 2.45) is 7.05 Å². The van der Waals surface area contributed by atoms with Gasteiger partial charge in [0.1, 0.15) is 12.4 Å². The standard InChI is InChI=1S/C21H24Cl2FN5O2S/c1-3-30-19-10-14(12-25-7-4-8-32-21-26-27-28-29(21)2)9-18(23)20(19)31-13-15-5-6-16(24)11-17(15)22/h5-6,9-11,25H,3-4,7-8,12-13H2,1-2H3. The molecule has 0 aliphatic heterocycles. The summed E-state index contributed by atoms with van der Waals surface area (Å²) in [6, 6.07) is 7.93. The van der Waals surface area contributed by atoms with Crippen molar-refractivity contribution in [1.29, 1.82) is 0 Å². The van der Waals surface area contributed by atoms with E-state index in [2.05, 4.69) is 20.8 Å². The summed E-state index contributed by atoms with van der Waals surface area (Å²) in [6.07, 6.45) is 0.962. The van der Waals surface area contributed by atoms with Crippen molar-refractivity contribution in [1.82, 2.24) is 25.5 Å². The molecule has 1 N–H and O–H groups in total. The Kier molecular flexibility index (Phi) is 9.40. The highest BCUT2D eigenvalue weighted by Crippen LogP contribution is 2.37. The van der Waals surface area contributed by atoms with Gasteiger partial charge in [0, 0.05) is 24.9 Å². The zero-order chi connectivity index (χ0) is 22.9. The molecule has 11 heteroatoms. The highest BCUT2D eigenvalue weighted by atomic mass is 35.5. The number of ether oxygens (including phenoxy) is 2. The number of hydrogen-bond donors (Lipinski definition) is 1. The van der Waals surface area contributed by atoms with Crippen LogP contribution in [0.4, 0.5) is 4.39 Å². The third kappa shape index (κ3) is 6.96. The maximum absolute atomic E-state index is 13.3. The number of halogens is 3. The summed E-state index contributed by atoms with van der Waals surface area (Å²) in [5, 5.41) is 16.3. The third-order valence-electron chi connectivity index (χ3n) is 4.40. The number of benzene rings is 2. The molecule has 172 valence electrons. The van der Waals surface area contributed by atoms with Crippen LogP contribution in [0.1, 0.15) is 24.5 Å². The molecule has 0 atom stereocenters. The van der Waals surface area contributed by atoms with Crippen molar-refractivity contribution >= 4 is 35.0 Å².